The lowest BCUT2D eigenvalue weighted by atomic mass is 9.97. The molecule has 15 heavy (non-hydrogen) atoms. The second kappa shape index (κ2) is 3.68. The van der Waals surface area contributed by atoms with Gasteiger partial charge >= 0.3 is 0 Å². The lowest BCUT2D eigenvalue weighted by Crippen LogP contribution is -2.39. The zero-order chi connectivity index (χ0) is 11.0. The Bertz CT molecular complexity index is 370. The van der Waals surface area contributed by atoms with Crippen LogP contribution in [-0.4, -0.2) is 25.4 Å². The van der Waals surface area contributed by atoms with Crippen molar-refractivity contribution in [3.05, 3.63) is 17.8 Å². The van der Waals surface area contributed by atoms with Crippen molar-refractivity contribution < 1.29 is 9.13 Å². The maximum absolute atomic E-state index is 13.7. The molecule has 0 radical (unpaired) electrons. The molecule has 1 unspecified atom stereocenters. The van der Waals surface area contributed by atoms with Crippen LogP contribution in [0.3, 0.4) is 0 Å². The molecule has 3 nitrogen and oxygen atoms in total. The minimum Gasteiger partial charge on any atom is -0.481 e. The van der Waals surface area contributed by atoms with Gasteiger partial charge in [-0.15, -0.1) is 0 Å². The topological polar surface area (TPSA) is 25.4 Å². The number of hydrogen-bond donors (Lipinski definition) is 0. The zero-order valence-electron chi connectivity index (χ0n) is 9.20. The Morgan fingerprint density at radius 2 is 2.27 bits per heavy atom. The number of halogens is 1. The fourth-order valence-electron chi connectivity index (χ4n) is 1.98. The second-order valence-corrected chi connectivity index (χ2v) is 3.98. The van der Waals surface area contributed by atoms with Gasteiger partial charge in [0.25, 0.3) is 0 Å². The molecule has 1 aliphatic rings. The first-order chi connectivity index (χ1) is 7.13. The van der Waals surface area contributed by atoms with Crippen LogP contribution in [0, 0.1) is 5.92 Å². The van der Waals surface area contributed by atoms with Gasteiger partial charge in [-0.2, -0.15) is 0 Å². The summed E-state index contributed by atoms with van der Waals surface area (Å²) < 4.78 is 18.8. The Morgan fingerprint density at radius 3 is 2.93 bits per heavy atom. The smallest absolute Gasteiger partial charge is 0.213 e. The van der Waals surface area contributed by atoms with Gasteiger partial charge in [0.1, 0.15) is 0 Å². The van der Waals surface area contributed by atoms with E-state index in [1.165, 1.54) is 0 Å². The average molecular weight is 210 g/mol. The highest BCUT2D eigenvalue weighted by atomic mass is 19.1. The molecule has 4 heteroatoms. The van der Waals surface area contributed by atoms with E-state index in [0.29, 0.717) is 12.3 Å². The van der Waals surface area contributed by atoms with Crippen LogP contribution < -0.4 is 9.64 Å². The minimum absolute atomic E-state index is 0.0258. The number of rotatable bonds is 1. The molecule has 0 amide bonds. The zero-order valence-corrected chi connectivity index (χ0v) is 9.20. The van der Waals surface area contributed by atoms with Gasteiger partial charge in [-0.1, -0.05) is 6.92 Å². The lowest BCUT2D eigenvalue weighted by Gasteiger charge is -2.34. The molecule has 82 valence electrons. The molecule has 1 aromatic heterocycles. The highest BCUT2D eigenvalue weighted by molar-refractivity contribution is 5.54. The van der Waals surface area contributed by atoms with E-state index in [1.54, 1.807) is 25.1 Å². The number of fused-ring (bicyclic) bond motifs is 1. The summed E-state index contributed by atoms with van der Waals surface area (Å²) in [7, 11) is 3.34. The summed E-state index contributed by atoms with van der Waals surface area (Å²) in [6.07, 6.45) is -0.259. The van der Waals surface area contributed by atoms with Crippen LogP contribution in [-0.2, 0) is 6.42 Å². The fourth-order valence-corrected chi connectivity index (χ4v) is 1.98. The molecular weight excluding hydrogens is 195 g/mol. The highest BCUT2D eigenvalue weighted by Gasteiger charge is 2.30. The molecular formula is C11H15FN2O. The van der Waals surface area contributed by atoms with Crippen molar-refractivity contribution in [1.82, 2.24) is 4.98 Å². The number of methoxy groups -OCH3 is 1. The molecule has 0 saturated heterocycles. The van der Waals surface area contributed by atoms with E-state index in [2.05, 4.69) is 4.98 Å². The van der Waals surface area contributed by atoms with Gasteiger partial charge in [-0.05, 0) is 12.5 Å². The number of aromatic nitrogens is 1. The lowest BCUT2D eigenvalue weighted by molar-refractivity contribution is 0.226. The summed E-state index contributed by atoms with van der Waals surface area (Å²) in [5.74, 6) is 0.564. The van der Waals surface area contributed by atoms with E-state index >= 15 is 0 Å². The Morgan fingerprint density at radius 1 is 1.53 bits per heavy atom. The van der Waals surface area contributed by atoms with E-state index in [1.807, 2.05) is 13.0 Å². The largest absolute Gasteiger partial charge is 0.481 e. The summed E-state index contributed by atoms with van der Waals surface area (Å²) in [5.41, 5.74) is 1.78. The Kier molecular flexibility index (Phi) is 2.50. The van der Waals surface area contributed by atoms with Gasteiger partial charge in [-0.25, -0.2) is 9.37 Å². The van der Waals surface area contributed by atoms with Gasteiger partial charge in [-0.3, -0.25) is 0 Å². The van der Waals surface area contributed by atoms with Crippen LogP contribution in [0.15, 0.2) is 12.1 Å². The van der Waals surface area contributed by atoms with Crippen molar-refractivity contribution in [3.63, 3.8) is 0 Å². The maximum Gasteiger partial charge on any atom is 0.213 e. The quantitative estimate of drug-likeness (QED) is 0.663. The van der Waals surface area contributed by atoms with E-state index in [4.69, 9.17) is 4.74 Å². The predicted octanol–water partition coefficient (Wildman–Crippen LogP) is 2.01. The molecule has 0 aromatic carbocycles. The minimum atomic E-state index is -0.923. The summed E-state index contributed by atoms with van der Waals surface area (Å²) in [6.45, 7) is 1.89. The number of ether oxygens (including phenoxy) is 1. The number of pyridine rings is 1. The molecule has 0 fully saturated rings. The average Bonchev–Trinajstić information content (AvgIpc) is 2.25. The Balaban J connectivity index is 2.41. The Labute approximate surface area is 88.9 Å². The second-order valence-electron chi connectivity index (χ2n) is 3.98. The van der Waals surface area contributed by atoms with E-state index in [-0.39, 0.29) is 5.92 Å². The van der Waals surface area contributed by atoms with Crippen LogP contribution in [0.1, 0.15) is 12.6 Å². The van der Waals surface area contributed by atoms with Gasteiger partial charge in [0, 0.05) is 19.0 Å². The molecule has 0 spiro atoms. The van der Waals surface area contributed by atoms with Crippen LogP contribution >= 0.6 is 0 Å². The van der Waals surface area contributed by atoms with Crippen molar-refractivity contribution in [1.29, 1.82) is 0 Å². The van der Waals surface area contributed by atoms with Gasteiger partial charge in [0.15, 0.2) is 6.30 Å². The molecule has 0 aliphatic carbocycles. The van der Waals surface area contributed by atoms with Crippen LogP contribution in [0.25, 0.3) is 0 Å². The van der Waals surface area contributed by atoms with Crippen molar-refractivity contribution in [2.75, 3.05) is 19.1 Å². The predicted molar refractivity (Wildman–Crippen MR) is 57.0 cm³/mol. The number of alkyl halides is 1. The molecule has 2 rings (SSSR count). The van der Waals surface area contributed by atoms with Crippen molar-refractivity contribution in [2.24, 2.45) is 5.92 Å². The maximum atomic E-state index is 13.7. The molecule has 1 aromatic rings. The number of hydrogen-bond acceptors (Lipinski definition) is 3. The summed E-state index contributed by atoms with van der Waals surface area (Å²) >= 11 is 0. The monoisotopic (exact) mass is 210 g/mol. The van der Waals surface area contributed by atoms with Gasteiger partial charge in [0.2, 0.25) is 5.88 Å². The first kappa shape index (κ1) is 10.2. The first-order valence-electron chi connectivity index (χ1n) is 5.04. The molecule has 0 N–H and O–H groups in total. The summed E-state index contributed by atoms with van der Waals surface area (Å²) in [6, 6.07) is 3.62. The fraction of sp³-hybridized carbons (Fsp3) is 0.545. The molecule has 2 heterocycles. The third kappa shape index (κ3) is 1.64. The SMILES string of the molecule is COc1ccc2c(n1)CC(C)[C@H](F)N2C. The summed E-state index contributed by atoms with van der Waals surface area (Å²) in [5, 5.41) is 0. The van der Waals surface area contributed by atoms with Gasteiger partial charge < -0.3 is 9.64 Å². The standard InChI is InChI=1S/C11H15FN2O/c1-7-6-8-9(14(2)11(7)12)4-5-10(13-8)15-3/h4-5,7,11H,6H2,1-3H3/t7?,11-/m1/s1. The van der Waals surface area contributed by atoms with E-state index in [0.717, 1.165) is 11.4 Å². The normalized spacial score (nSPS) is 24.9. The number of nitrogens with zero attached hydrogens (tertiary/aromatic N) is 2. The number of anilines is 1. The third-order valence-corrected chi connectivity index (χ3v) is 2.87. The first-order valence-corrected chi connectivity index (χ1v) is 5.04. The summed E-state index contributed by atoms with van der Waals surface area (Å²) in [4.78, 5) is 5.97. The van der Waals surface area contributed by atoms with Crippen LogP contribution in [0.4, 0.5) is 10.1 Å². The third-order valence-electron chi connectivity index (χ3n) is 2.87. The van der Waals surface area contributed by atoms with E-state index in [9.17, 15) is 4.39 Å². The van der Waals surface area contributed by atoms with E-state index < -0.39 is 6.30 Å². The molecule has 0 saturated carbocycles. The van der Waals surface area contributed by atoms with Crippen molar-refractivity contribution in [2.45, 2.75) is 19.6 Å². The van der Waals surface area contributed by atoms with Crippen LogP contribution in [0.5, 0.6) is 5.88 Å². The Hall–Kier alpha value is -1.32. The van der Waals surface area contributed by atoms with Crippen molar-refractivity contribution >= 4 is 5.69 Å². The molecule has 1 aliphatic heterocycles. The van der Waals surface area contributed by atoms with Gasteiger partial charge in [0.05, 0.1) is 18.5 Å². The molecule has 0 bridgehead atoms. The van der Waals surface area contributed by atoms with Crippen molar-refractivity contribution in [3.8, 4) is 5.88 Å². The molecule has 2 atom stereocenters. The van der Waals surface area contributed by atoms with Crippen LogP contribution in [0.2, 0.25) is 0 Å². The highest BCUT2D eigenvalue weighted by Crippen LogP contribution is 2.33.